The maximum atomic E-state index is 15.6. The van der Waals surface area contributed by atoms with Crippen LogP contribution >= 0.6 is 0 Å². The van der Waals surface area contributed by atoms with E-state index < -0.39 is 44.9 Å². The SMILES string of the molecule is CC1(C)CCCC(C)(c2cccc(OCC(=O)O)c2)c2cnc([nH]2)-c2cc(ccc2F)Oc2c(F)cc3[nH]ccc3c2CCS(=O)(=O)C1. The number of hydrogen-bond donors (Lipinski definition) is 3. The molecule has 3 aromatic carbocycles. The summed E-state index contributed by atoms with van der Waals surface area (Å²) in [6.07, 6.45) is 5.08. The quantitative estimate of drug-likeness (QED) is 0.179. The average molecular weight is 678 g/mol. The highest BCUT2D eigenvalue weighted by molar-refractivity contribution is 7.91. The number of carboxylic acids is 1. The maximum Gasteiger partial charge on any atom is 0.341 e. The minimum absolute atomic E-state index is 0.0216. The Morgan fingerprint density at radius 2 is 1.88 bits per heavy atom. The first-order valence-corrected chi connectivity index (χ1v) is 17.5. The van der Waals surface area contributed by atoms with Crippen molar-refractivity contribution in [3.05, 3.63) is 95.4 Å². The minimum atomic E-state index is -3.59. The number of carboxylic acid groups (broad SMARTS) is 1. The van der Waals surface area contributed by atoms with Crippen molar-refractivity contribution in [3.8, 4) is 28.6 Å². The number of carbonyl (C=O) groups is 1. The Morgan fingerprint density at radius 1 is 1.06 bits per heavy atom. The van der Waals surface area contributed by atoms with E-state index in [1.54, 1.807) is 36.7 Å². The Morgan fingerprint density at radius 3 is 2.67 bits per heavy atom. The third-order valence-corrected chi connectivity index (χ3v) is 11.1. The van der Waals surface area contributed by atoms with Gasteiger partial charge in [0.15, 0.2) is 28.0 Å². The first kappa shape index (κ1) is 33.2. The molecule has 0 spiro atoms. The van der Waals surface area contributed by atoms with Crippen molar-refractivity contribution in [1.29, 1.82) is 0 Å². The number of aryl methyl sites for hydroxylation is 1. The topological polar surface area (TPSA) is 134 Å². The van der Waals surface area contributed by atoms with Crippen LogP contribution in [0.5, 0.6) is 17.2 Å². The summed E-state index contributed by atoms with van der Waals surface area (Å²) in [5, 5.41) is 9.76. The number of fused-ring (bicyclic) bond motifs is 8. The zero-order valence-electron chi connectivity index (χ0n) is 26.9. The lowest BCUT2D eigenvalue weighted by molar-refractivity contribution is -0.139. The number of rotatable bonds is 4. The molecule has 0 saturated heterocycles. The molecular weight excluding hydrogens is 640 g/mol. The molecule has 3 N–H and O–H groups in total. The molecule has 48 heavy (non-hydrogen) atoms. The largest absolute Gasteiger partial charge is 0.482 e. The molecule has 1 aliphatic heterocycles. The zero-order chi connectivity index (χ0) is 34.3. The molecule has 0 aliphatic carbocycles. The fourth-order valence-electron chi connectivity index (χ4n) is 6.61. The summed E-state index contributed by atoms with van der Waals surface area (Å²) in [5.41, 5.74) is 1.18. The number of hydrogen-bond acceptors (Lipinski definition) is 6. The van der Waals surface area contributed by atoms with Gasteiger partial charge in [0.1, 0.15) is 23.1 Å². The summed E-state index contributed by atoms with van der Waals surface area (Å²) >= 11 is 0. The Kier molecular flexibility index (Phi) is 8.80. The molecule has 9 nitrogen and oxygen atoms in total. The van der Waals surface area contributed by atoms with Crippen LogP contribution in [0.3, 0.4) is 0 Å². The first-order chi connectivity index (χ1) is 22.7. The average Bonchev–Trinajstić information content (AvgIpc) is 3.70. The van der Waals surface area contributed by atoms with Crippen LogP contribution in [0.15, 0.2) is 67.0 Å². The molecule has 5 aromatic rings. The molecule has 0 radical (unpaired) electrons. The van der Waals surface area contributed by atoms with Crippen molar-refractivity contribution in [2.45, 2.75) is 51.9 Å². The minimum Gasteiger partial charge on any atom is -0.482 e. The van der Waals surface area contributed by atoms with E-state index >= 15 is 8.78 Å². The van der Waals surface area contributed by atoms with Crippen molar-refractivity contribution >= 4 is 26.7 Å². The number of sulfone groups is 1. The molecule has 0 fully saturated rings. The molecule has 0 amide bonds. The first-order valence-electron chi connectivity index (χ1n) is 15.7. The van der Waals surface area contributed by atoms with Crippen LogP contribution in [0.25, 0.3) is 22.3 Å². The Balaban J connectivity index is 1.47. The third kappa shape index (κ3) is 6.94. The predicted octanol–water partition coefficient (Wildman–Crippen LogP) is 7.57. The van der Waals surface area contributed by atoms with Gasteiger partial charge in [-0.05, 0) is 73.6 Å². The summed E-state index contributed by atoms with van der Waals surface area (Å²) < 4.78 is 69.6. The zero-order valence-corrected chi connectivity index (χ0v) is 27.7. The predicted molar refractivity (Wildman–Crippen MR) is 178 cm³/mol. The van der Waals surface area contributed by atoms with Gasteiger partial charge in [-0.25, -0.2) is 27.0 Å². The second-order valence-electron chi connectivity index (χ2n) is 13.4. The van der Waals surface area contributed by atoms with Crippen LogP contribution < -0.4 is 9.47 Å². The van der Waals surface area contributed by atoms with E-state index in [1.165, 1.54) is 24.3 Å². The van der Waals surface area contributed by atoms with Gasteiger partial charge in [-0.3, -0.25) is 0 Å². The van der Waals surface area contributed by atoms with Crippen molar-refractivity contribution in [1.82, 2.24) is 15.0 Å². The Hall–Kier alpha value is -4.71. The molecule has 1 atom stereocenters. The van der Waals surface area contributed by atoms with E-state index in [9.17, 15) is 13.2 Å². The van der Waals surface area contributed by atoms with Gasteiger partial charge in [0.2, 0.25) is 0 Å². The Bertz CT molecular complexity index is 2110. The number of imidazole rings is 1. The van der Waals surface area contributed by atoms with Crippen LogP contribution in [-0.4, -0.2) is 52.6 Å². The number of aromatic nitrogens is 3. The van der Waals surface area contributed by atoms with Crippen LogP contribution in [-0.2, 0) is 26.5 Å². The van der Waals surface area contributed by atoms with E-state index in [0.717, 1.165) is 5.56 Å². The van der Waals surface area contributed by atoms with Crippen LogP contribution in [0.1, 0.15) is 56.9 Å². The van der Waals surface area contributed by atoms with E-state index in [2.05, 4.69) is 15.0 Å². The number of H-pyrrole nitrogens is 2. The van der Waals surface area contributed by atoms with Gasteiger partial charge in [0.25, 0.3) is 0 Å². The Labute approximate surface area is 277 Å². The fourth-order valence-corrected chi connectivity index (χ4v) is 8.61. The number of aromatic amines is 2. The van der Waals surface area contributed by atoms with Crippen molar-refractivity contribution < 1.29 is 36.6 Å². The van der Waals surface area contributed by atoms with Gasteiger partial charge in [-0.1, -0.05) is 32.4 Å². The molecule has 4 bridgehead atoms. The van der Waals surface area contributed by atoms with Crippen molar-refractivity contribution in [2.24, 2.45) is 5.41 Å². The van der Waals surface area contributed by atoms with Gasteiger partial charge in [0.05, 0.1) is 17.1 Å². The smallest absolute Gasteiger partial charge is 0.341 e. The van der Waals surface area contributed by atoms with Crippen LogP contribution in [0.4, 0.5) is 8.78 Å². The highest BCUT2D eigenvalue weighted by Gasteiger charge is 2.34. The molecule has 0 saturated carbocycles. The van der Waals surface area contributed by atoms with Crippen molar-refractivity contribution in [3.63, 3.8) is 0 Å². The number of nitrogens with one attached hydrogen (secondary N) is 2. The van der Waals surface area contributed by atoms with Crippen molar-refractivity contribution in [2.75, 3.05) is 18.1 Å². The normalized spacial score (nSPS) is 19.4. The number of halogens is 2. The molecule has 1 aliphatic rings. The lowest BCUT2D eigenvalue weighted by Crippen LogP contribution is -2.29. The lowest BCUT2D eigenvalue weighted by Gasteiger charge is -2.32. The molecule has 1 unspecified atom stereocenters. The van der Waals surface area contributed by atoms with Gasteiger partial charge in [-0.15, -0.1) is 0 Å². The number of nitrogens with zero attached hydrogens (tertiary/aromatic N) is 1. The van der Waals surface area contributed by atoms with E-state index in [4.69, 9.17) is 14.6 Å². The summed E-state index contributed by atoms with van der Waals surface area (Å²) in [6, 6.07) is 14.2. The van der Waals surface area contributed by atoms with Gasteiger partial charge >= 0.3 is 5.97 Å². The second kappa shape index (κ2) is 12.7. The highest BCUT2D eigenvalue weighted by Crippen LogP contribution is 2.41. The highest BCUT2D eigenvalue weighted by atomic mass is 32.2. The molecule has 3 heterocycles. The fraction of sp³-hybridized carbons (Fsp3) is 0.333. The van der Waals surface area contributed by atoms with E-state index in [0.29, 0.717) is 47.2 Å². The molecule has 6 rings (SSSR count). The van der Waals surface area contributed by atoms with Gasteiger partial charge in [0, 0.05) is 46.0 Å². The maximum absolute atomic E-state index is 15.6. The number of benzene rings is 3. The standard InChI is InChI=1S/C36H37F2N3O6S/c1-35(2)12-5-13-36(3,22-6-4-7-23(16-22)46-20-32(42)43)31-19-40-34(41-31)27-17-24(8-9-28(27)37)47-33-26(11-15-48(44,45)21-35)25-10-14-39-30(25)18-29(33)38/h4,6-10,14,16-19,39H,5,11-13,15,20-21H2,1-3H3,(H,40,41)(H,42,43). The lowest BCUT2D eigenvalue weighted by atomic mass is 9.74. The summed E-state index contributed by atoms with van der Waals surface area (Å²) in [7, 11) is -3.59. The third-order valence-electron chi connectivity index (χ3n) is 9.09. The van der Waals surface area contributed by atoms with Gasteiger partial charge in [-0.2, -0.15) is 0 Å². The monoisotopic (exact) mass is 677 g/mol. The van der Waals surface area contributed by atoms with Gasteiger partial charge < -0.3 is 24.5 Å². The summed E-state index contributed by atoms with van der Waals surface area (Å²) in [6.45, 7) is 5.34. The summed E-state index contributed by atoms with van der Waals surface area (Å²) in [5.74, 6) is -1.97. The molecule has 12 heteroatoms. The second-order valence-corrected chi connectivity index (χ2v) is 15.6. The van der Waals surface area contributed by atoms with E-state index in [-0.39, 0.29) is 40.8 Å². The number of aliphatic carboxylic acids is 1. The van der Waals surface area contributed by atoms with Crippen LogP contribution in [0, 0.1) is 17.0 Å². The van der Waals surface area contributed by atoms with Crippen LogP contribution in [0.2, 0.25) is 0 Å². The molecule has 2 aromatic heterocycles. The molecular formula is C36H37F2N3O6S. The molecule has 252 valence electrons. The summed E-state index contributed by atoms with van der Waals surface area (Å²) in [4.78, 5) is 22.0. The number of ether oxygens (including phenoxy) is 2. The van der Waals surface area contributed by atoms with E-state index in [1.807, 2.05) is 26.8 Å².